The Bertz CT molecular complexity index is 3540. The van der Waals surface area contributed by atoms with E-state index in [9.17, 15) is 61.3 Å². The van der Waals surface area contributed by atoms with E-state index in [-0.39, 0.29) is 16.5 Å². The molecule has 300 valence electrons. The van der Waals surface area contributed by atoms with E-state index in [2.05, 4.69) is 0 Å². The van der Waals surface area contributed by atoms with Crippen LogP contribution in [0.3, 0.4) is 0 Å². The predicted molar refractivity (Wildman–Crippen MR) is 228 cm³/mol. The van der Waals surface area contributed by atoms with Gasteiger partial charge in [0.25, 0.3) is 0 Å². The van der Waals surface area contributed by atoms with Gasteiger partial charge >= 0.3 is 0 Å². The molecule has 0 fully saturated rings. The SMILES string of the molecule is Oc1c(O)c(O)c(-c2ccc3c(-c4c(O)c(O)c5c(O)c(O)c(O)c(O)c5c4O)c4ccccc4c(-c4cccc(-c5ccc6oc7ccccc7c6c5)c4)c3c2)c(O)c1O. The molecule has 0 saturated heterocycles. The Kier molecular flexibility index (Phi) is 7.68. The number of rotatable bonds is 4. The number of para-hydroxylation sites is 1. The molecule has 1 aromatic heterocycles. The molecule has 0 aliphatic heterocycles. The number of furan rings is 1. The lowest BCUT2D eigenvalue weighted by molar-refractivity contribution is 0.330. The van der Waals surface area contributed by atoms with Crippen molar-refractivity contribution in [1.29, 1.82) is 0 Å². The van der Waals surface area contributed by atoms with Crippen LogP contribution < -0.4 is 0 Å². The van der Waals surface area contributed by atoms with Gasteiger partial charge < -0.3 is 65.7 Å². The third-order valence-electron chi connectivity index (χ3n) is 11.4. The molecule has 0 atom stereocenters. The van der Waals surface area contributed by atoms with Crippen LogP contribution in [-0.4, -0.2) is 61.3 Å². The maximum Gasteiger partial charge on any atom is 0.208 e. The van der Waals surface area contributed by atoms with E-state index < -0.39 is 90.9 Å². The Balaban J connectivity index is 1.33. The van der Waals surface area contributed by atoms with E-state index in [1.807, 2.05) is 66.7 Å². The second-order valence-electron chi connectivity index (χ2n) is 14.6. The Labute approximate surface area is 341 Å². The molecule has 9 aromatic carbocycles. The molecule has 12 N–H and O–H groups in total. The highest BCUT2D eigenvalue weighted by Gasteiger charge is 2.32. The summed E-state index contributed by atoms with van der Waals surface area (Å²) < 4.78 is 6.06. The summed E-state index contributed by atoms with van der Waals surface area (Å²) >= 11 is 0. The molecule has 61 heavy (non-hydrogen) atoms. The van der Waals surface area contributed by atoms with Gasteiger partial charge in [-0.25, -0.2) is 0 Å². The Morgan fingerprint density at radius 2 is 0.689 bits per heavy atom. The number of hydrogen-bond acceptors (Lipinski definition) is 13. The summed E-state index contributed by atoms with van der Waals surface area (Å²) in [6.07, 6.45) is 0. The molecule has 10 rings (SSSR count). The summed E-state index contributed by atoms with van der Waals surface area (Å²) in [5.41, 5.74) is 3.49. The van der Waals surface area contributed by atoms with Crippen LogP contribution in [0.2, 0.25) is 0 Å². The van der Waals surface area contributed by atoms with Crippen LogP contribution in [0.4, 0.5) is 0 Å². The number of fused-ring (bicyclic) bond motifs is 6. The second-order valence-corrected chi connectivity index (χ2v) is 14.6. The van der Waals surface area contributed by atoms with Gasteiger partial charge in [-0.1, -0.05) is 78.9 Å². The normalized spacial score (nSPS) is 11.7. The summed E-state index contributed by atoms with van der Waals surface area (Å²) in [6.45, 7) is 0. The van der Waals surface area contributed by atoms with Gasteiger partial charge in [0.15, 0.2) is 34.5 Å². The first-order chi connectivity index (χ1) is 29.3. The van der Waals surface area contributed by atoms with Crippen LogP contribution in [0.5, 0.6) is 69.0 Å². The molecule has 13 heteroatoms. The molecule has 13 nitrogen and oxygen atoms in total. The lowest BCUT2D eigenvalue weighted by Crippen LogP contribution is -1.94. The maximum atomic E-state index is 11.9. The molecular weight excluding hydrogens is 785 g/mol. The van der Waals surface area contributed by atoms with Crippen LogP contribution in [-0.2, 0) is 0 Å². The van der Waals surface area contributed by atoms with E-state index >= 15 is 0 Å². The van der Waals surface area contributed by atoms with Gasteiger partial charge in [-0.3, -0.25) is 0 Å². The minimum absolute atomic E-state index is 0.0294. The van der Waals surface area contributed by atoms with Crippen molar-refractivity contribution in [2.24, 2.45) is 0 Å². The van der Waals surface area contributed by atoms with Gasteiger partial charge in [0.2, 0.25) is 28.7 Å². The molecule has 0 saturated carbocycles. The van der Waals surface area contributed by atoms with E-state index in [0.717, 1.165) is 27.5 Å². The van der Waals surface area contributed by atoms with E-state index in [4.69, 9.17) is 4.42 Å². The average molecular weight is 815 g/mol. The third-order valence-corrected chi connectivity index (χ3v) is 11.4. The highest BCUT2D eigenvalue weighted by Crippen LogP contribution is 2.62. The molecule has 0 bridgehead atoms. The molecule has 0 unspecified atom stereocenters. The topological polar surface area (TPSA) is 256 Å². The molecule has 0 aliphatic carbocycles. The van der Waals surface area contributed by atoms with Crippen LogP contribution in [0, 0.1) is 0 Å². The van der Waals surface area contributed by atoms with Crippen molar-refractivity contribution in [2.75, 3.05) is 0 Å². The minimum atomic E-state index is -1.21. The number of aromatic hydroxyl groups is 12. The van der Waals surface area contributed by atoms with E-state index in [1.165, 1.54) is 18.2 Å². The lowest BCUT2D eigenvalue weighted by Gasteiger charge is -2.22. The fraction of sp³-hybridized carbons (Fsp3) is 0. The Morgan fingerprint density at radius 1 is 0.246 bits per heavy atom. The second kappa shape index (κ2) is 12.8. The van der Waals surface area contributed by atoms with Crippen LogP contribution in [0.15, 0.2) is 114 Å². The van der Waals surface area contributed by atoms with Crippen LogP contribution in [0.25, 0.3) is 98.8 Å². The van der Waals surface area contributed by atoms with E-state index in [0.29, 0.717) is 32.9 Å². The summed E-state index contributed by atoms with van der Waals surface area (Å²) in [4.78, 5) is 0. The lowest BCUT2D eigenvalue weighted by atomic mass is 9.83. The molecule has 0 amide bonds. The van der Waals surface area contributed by atoms with Gasteiger partial charge in [0.05, 0.1) is 21.9 Å². The summed E-state index contributed by atoms with van der Waals surface area (Å²) in [5.74, 6) is -12.8. The number of phenolic OH excluding ortho intramolecular Hbond substituents is 12. The van der Waals surface area contributed by atoms with Crippen molar-refractivity contribution in [1.82, 2.24) is 0 Å². The van der Waals surface area contributed by atoms with Crippen molar-refractivity contribution in [2.45, 2.75) is 0 Å². The van der Waals surface area contributed by atoms with Gasteiger partial charge in [0.1, 0.15) is 16.9 Å². The zero-order valence-corrected chi connectivity index (χ0v) is 31.2. The zero-order chi connectivity index (χ0) is 42.8. The summed E-state index contributed by atoms with van der Waals surface area (Å²) in [6, 6.07) is 32.4. The van der Waals surface area contributed by atoms with Crippen LogP contribution >= 0.6 is 0 Å². The molecular formula is C48H30O13. The molecule has 0 radical (unpaired) electrons. The number of phenols is 12. The Morgan fingerprint density at radius 3 is 1.38 bits per heavy atom. The first kappa shape index (κ1) is 36.5. The largest absolute Gasteiger partial charge is 0.506 e. The quantitative estimate of drug-likeness (QED) is 0.0449. The molecule has 1 heterocycles. The number of benzene rings is 9. The fourth-order valence-corrected chi connectivity index (χ4v) is 8.50. The summed E-state index contributed by atoms with van der Waals surface area (Å²) in [5, 5.41) is 132. The van der Waals surface area contributed by atoms with Crippen molar-refractivity contribution >= 4 is 54.3 Å². The minimum Gasteiger partial charge on any atom is -0.506 e. The monoisotopic (exact) mass is 814 g/mol. The van der Waals surface area contributed by atoms with Crippen molar-refractivity contribution in [3.63, 3.8) is 0 Å². The standard InChI is InChI=1S/C48H30O13/c49-37-34(40(52)41(53)36-35(37)42(54)46(58)47(59)43(36)55)33-25-10-2-1-9-24(25)31(28-18-22(12-14-26(28)33)32-38(50)44(56)48(60)45(57)39(32)51)21-7-5-6-19(16-21)20-13-15-30-27(17-20)23-8-3-4-11-29(23)61-30/h1-18,49-60H. The van der Waals surface area contributed by atoms with Crippen molar-refractivity contribution in [3.8, 4) is 114 Å². The van der Waals surface area contributed by atoms with E-state index in [1.54, 1.807) is 24.3 Å². The highest BCUT2D eigenvalue weighted by atomic mass is 16.4. The molecule has 0 spiro atoms. The zero-order valence-electron chi connectivity index (χ0n) is 31.2. The number of hydrogen-bond donors (Lipinski definition) is 12. The predicted octanol–water partition coefficient (Wildman–Crippen LogP) is 10.2. The Hall–Kier alpha value is -8.84. The third kappa shape index (κ3) is 5.01. The van der Waals surface area contributed by atoms with Gasteiger partial charge in [-0.2, -0.15) is 0 Å². The molecule has 10 aromatic rings. The average Bonchev–Trinajstić information content (AvgIpc) is 3.65. The highest BCUT2D eigenvalue weighted by molar-refractivity contribution is 6.25. The van der Waals surface area contributed by atoms with Crippen molar-refractivity contribution in [3.05, 3.63) is 109 Å². The van der Waals surface area contributed by atoms with Gasteiger partial charge in [-0.15, -0.1) is 0 Å². The van der Waals surface area contributed by atoms with Gasteiger partial charge in [-0.05, 0) is 79.7 Å². The first-order valence-corrected chi connectivity index (χ1v) is 18.5. The smallest absolute Gasteiger partial charge is 0.208 e. The van der Waals surface area contributed by atoms with Gasteiger partial charge in [0, 0.05) is 16.3 Å². The fourth-order valence-electron chi connectivity index (χ4n) is 8.50. The molecule has 0 aliphatic rings. The summed E-state index contributed by atoms with van der Waals surface area (Å²) in [7, 11) is 0. The maximum absolute atomic E-state index is 11.9. The van der Waals surface area contributed by atoms with Crippen molar-refractivity contribution < 1.29 is 65.7 Å². The van der Waals surface area contributed by atoms with Crippen LogP contribution in [0.1, 0.15) is 0 Å². The first-order valence-electron chi connectivity index (χ1n) is 18.5.